The molecule has 5 heteroatoms. The molecule has 0 unspecified atom stereocenters. The standard InChI is InChI=1S/C12H15N3OS/c13-11(16)12-15-9-3-1-2-7-4-5-14-6-8(7)10(9)17-12/h14H,1-6H2,(H2,13,16). The van der Waals surface area contributed by atoms with Crippen molar-refractivity contribution in [1.29, 1.82) is 0 Å². The zero-order valence-corrected chi connectivity index (χ0v) is 10.4. The maximum absolute atomic E-state index is 11.2. The highest BCUT2D eigenvalue weighted by molar-refractivity contribution is 7.14. The average molecular weight is 249 g/mol. The fraction of sp³-hybridized carbons (Fsp3) is 0.500. The van der Waals surface area contributed by atoms with Crippen LogP contribution in [0.1, 0.15) is 39.6 Å². The monoisotopic (exact) mass is 249 g/mol. The van der Waals surface area contributed by atoms with Gasteiger partial charge in [-0.1, -0.05) is 5.57 Å². The number of fused-ring (bicyclic) bond motifs is 2. The SMILES string of the molecule is NC(=O)c1nc2c(s1)C1=C(CCC2)CCNC1. The van der Waals surface area contributed by atoms with Crippen LogP contribution in [0.4, 0.5) is 0 Å². The maximum Gasteiger partial charge on any atom is 0.277 e. The fourth-order valence-electron chi connectivity index (χ4n) is 2.58. The third-order valence-corrected chi connectivity index (χ3v) is 4.58. The number of aromatic nitrogens is 1. The van der Waals surface area contributed by atoms with Gasteiger partial charge in [0.1, 0.15) is 0 Å². The second-order valence-electron chi connectivity index (χ2n) is 4.52. The first-order valence-electron chi connectivity index (χ1n) is 5.97. The number of nitrogens with zero attached hydrogens (tertiary/aromatic N) is 1. The van der Waals surface area contributed by atoms with Crippen molar-refractivity contribution in [2.75, 3.05) is 13.1 Å². The van der Waals surface area contributed by atoms with Gasteiger partial charge >= 0.3 is 0 Å². The van der Waals surface area contributed by atoms with Crippen molar-refractivity contribution < 1.29 is 4.79 Å². The number of primary amides is 1. The summed E-state index contributed by atoms with van der Waals surface area (Å²) in [7, 11) is 0. The average Bonchev–Trinajstić information content (AvgIpc) is 2.67. The van der Waals surface area contributed by atoms with E-state index in [0.717, 1.165) is 38.0 Å². The second-order valence-corrected chi connectivity index (χ2v) is 5.52. The van der Waals surface area contributed by atoms with Crippen molar-refractivity contribution in [3.05, 3.63) is 21.2 Å². The Morgan fingerprint density at radius 1 is 1.35 bits per heavy atom. The molecule has 3 rings (SSSR count). The number of nitrogens with two attached hydrogens (primary N) is 1. The Balaban J connectivity index is 2.10. The van der Waals surface area contributed by atoms with E-state index in [1.807, 2.05) is 0 Å². The minimum absolute atomic E-state index is 0.408. The zero-order valence-electron chi connectivity index (χ0n) is 9.58. The molecule has 0 spiro atoms. The Morgan fingerprint density at radius 2 is 2.24 bits per heavy atom. The molecule has 17 heavy (non-hydrogen) atoms. The highest BCUT2D eigenvalue weighted by atomic mass is 32.1. The lowest BCUT2D eigenvalue weighted by Gasteiger charge is -2.19. The van der Waals surface area contributed by atoms with Gasteiger partial charge in [0, 0.05) is 6.54 Å². The van der Waals surface area contributed by atoms with E-state index in [-0.39, 0.29) is 0 Å². The van der Waals surface area contributed by atoms with Gasteiger partial charge in [-0.3, -0.25) is 4.79 Å². The topological polar surface area (TPSA) is 68.0 Å². The summed E-state index contributed by atoms with van der Waals surface area (Å²) in [6.07, 6.45) is 4.39. The summed E-state index contributed by atoms with van der Waals surface area (Å²) in [6.45, 7) is 1.97. The van der Waals surface area contributed by atoms with Crippen molar-refractivity contribution in [3.8, 4) is 0 Å². The van der Waals surface area contributed by atoms with Gasteiger partial charge in [0.2, 0.25) is 0 Å². The van der Waals surface area contributed by atoms with E-state index in [4.69, 9.17) is 5.73 Å². The molecule has 3 N–H and O–H groups in total. The molecule has 1 aromatic rings. The number of carbonyl (C=O) groups is 1. The van der Waals surface area contributed by atoms with Crippen LogP contribution in [0.25, 0.3) is 5.57 Å². The van der Waals surface area contributed by atoms with Crippen molar-refractivity contribution in [2.45, 2.75) is 25.7 Å². The first kappa shape index (κ1) is 10.9. The third-order valence-electron chi connectivity index (χ3n) is 3.41. The largest absolute Gasteiger partial charge is 0.364 e. The number of aryl methyl sites for hydroxylation is 1. The van der Waals surface area contributed by atoms with Gasteiger partial charge in [0.15, 0.2) is 5.01 Å². The molecule has 1 amide bonds. The Morgan fingerprint density at radius 3 is 3.06 bits per heavy atom. The lowest BCUT2D eigenvalue weighted by molar-refractivity contribution is 0.1000. The second kappa shape index (κ2) is 4.23. The zero-order chi connectivity index (χ0) is 11.8. The van der Waals surface area contributed by atoms with Crippen molar-refractivity contribution in [3.63, 3.8) is 0 Å². The molecule has 0 fully saturated rings. The minimum Gasteiger partial charge on any atom is -0.364 e. The Bertz CT molecular complexity index is 504. The molecular formula is C12H15N3OS. The van der Waals surface area contributed by atoms with Gasteiger partial charge < -0.3 is 11.1 Å². The molecule has 0 radical (unpaired) electrons. The van der Waals surface area contributed by atoms with Crippen LogP contribution in [0.3, 0.4) is 0 Å². The molecule has 0 saturated carbocycles. The number of rotatable bonds is 1. The first-order valence-corrected chi connectivity index (χ1v) is 6.79. The van der Waals surface area contributed by atoms with Crippen LogP contribution in [0.5, 0.6) is 0 Å². The van der Waals surface area contributed by atoms with Crippen LogP contribution in [0.15, 0.2) is 5.57 Å². The van der Waals surface area contributed by atoms with E-state index < -0.39 is 5.91 Å². The molecular weight excluding hydrogens is 234 g/mol. The fourth-order valence-corrected chi connectivity index (χ4v) is 3.63. The third kappa shape index (κ3) is 1.89. The Labute approximate surface area is 104 Å². The summed E-state index contributed by atoms with van der Waals surface area (Å²) in [5.74, 6) is -0.408. The molecule has 0 saturated heterocycles. The molecule has 1 aliphatic heterocycles. The van der Waals surface area contributed by atoms with Crippen molar-refractivity contribution >= 4 is 22.8 Å². The van der Waals surface area contributed by atoms with Crippen molar-refractivity contribution in [1.82, 2.24) is 10.3 Å². The van der Waals surface area contributed by atoms with E-state index in [1.54, 1.807) is 5.57 Å². The molecule has 4 nitrogen and oxygen atoms in total. The van der Waals surface area contributed by atoms with E-state index in [1.165, 1.54) is 28.2 Å². The Hall–Kier alpha value is -1.20. The predicted octanol–water partition coefficient (Wildman–Crippen LogP) is 1.33. The van der Waals surface area contributed by atoms with Crippen molar-refractivity contribution in [2.24, 2.45) is 5.73 Å². The van der Waals surface area contributed by atoms with Gasteiger partial charge in [-0.15, -0.1) is 11.3 Å². The summed E-state index contributed by atoms with van der Waals surface area (Å²) in [5.41, 5.74) is 9.29. The Kier molecular flexibility index (Phi) is 2.72. The summed E-state index contributed by atoms with van der Waals surface area (Å²) >= 11 is 1.46. The van der Waals surface area contributed by atoms with Gasteiger partial charge in [-0.2, -0.15) is 0 Å². The number of carbonyl (C=O) groups excluding carboxylic acids is 1. The molecule has 90 valence electrons. The van der Waals surface area contributed by atoms with Gasteiger partial charge in [0.25, 0.3) is 5.91 Å². The van der Waals surface area contributed by atoms with Gasteiger partial charge in [-0.25, -0.2) is 4.98 Å². The summed E-state index contributed by atoms with van der Waals surface area (Å²) < 4.78 is 0. The van der Waals surface area contributed by atoms with Gasteiger partial charge in [-0.05, 0) is 37.8 Å². The number of nitrogens with one attached hydrogen (secondary N) is 1. The molecule has 1 aliphatic carbocycles. The molecule has 1 aromatic heterocycles. The van der Waals surface area contributed by atoms with Crippen LogP contribution in [0.2, 0.25) is 0 Å². The van der Waals surface area contributed by atoms with Crippen LogP contribution in [-0.2, 0) is 6.42 Å². The van der Waals surface area contributed by atoms with E-state index in [2.05, 4.69) is 10.3 Å². The van der Waals surface area contributed by atoms with E-state index in [9.17, 15) is 4.79 Å². The molecule has 2 heterocycles. The molecule has 0 aromatic carbocycles. The van der Waals surface area contributed by atoms with Crippen LogP contribution >= 0.6 is 11.3 Å². The normalized spacial score (nSPS) is 19.5. The highest BCUT2D eigenvalue weighted by Gasteiger charge is 2.24. The number of thiazole rings is 1. The molecule has 0 atom stereocenters. The lowest BCUT2D eigenvalue weighted by atomic mass is 9.98. The van der Waals surface area contributed by atoms with E-state index in [0.29, 0.717) is 5.01 Å². The highest BCUT2D eigenvalue weighted by Crippen LogP contribution is 2.36. The maximum atomic E-state index is 11.2. The minimum atomic E-state index is -0.408. The van der Waals surface area contributed by atoms with Gasteiger partial charge in [0.05, 0.1) is 10.6 Å². The quantitative estimate of drug-likeness (QED) is 0.789. The van der Waals surface area contributed by atoms with Crippen LogP contribution < -0.4 is 11.1 Å². The summed E-state index contributed by atoms with van der Waals surface area (Å²) in [6, 6.07) is 0. The number of amides is 1. The first-order chi connectivity index (χ1) is 8.25. The predicted molar refractivity (Wildman–Crippen MR) is 68.0 cm³/mol. The number of hydrogen-bond donors (Lipinski definition) is 2. The smallest absolute Gasteiger partial charge is 0.277 e. The molecule has 0 bridgehead atoms. The van der Waals surface area contributed by atoms with Crippen LogP contribution in [0, 0.1) is 0 Å². The molecule has 2 aliphatic rings. The summed E-state index contributed by atoms with van der Waals surface area (Å²) in [5, 5.41) is 3.85. The number of hydrogen-bond acceptors (Lipinski definition) is 4. The summed E-state index contributed by atoms with van der Waals surface area (Å²) in [4.78, 5) is 16.8. The van der Waals surface area contributed by atoms with E-state index >= 15 is 0 Å². The van der Waals surface area contributed by atoms with Crippen LogP contribution in [-0.4, -0.2) is 24.0 Å². The lowest BCUT2D eigenvalue weighted by Crippen LogP contribution is -2.24.